The molecule has 2 heterocycles. The first kappa shape index (κ1) is 34.7. The third-order valence-electron chi connectivity index (χ3n) is 9.07. The van der Waals surface area contributed by atoms with Crippen molar-refractivity contribution in [1.82, 2.24) is 15.0 Å². The molecule has 2 amide bonds. The molecule has 0 fully saturated rings. The highest BCUT2D eigenvalue weighted by molar-refractivity contribution is 6.07. The van der Waals surface area contributed by atoms with Crippen molar-refractivity contribution >= 4 is 34.6 Å². The van der Waals surface area contributed by atoms with Crippen LogP contribution in [0, 0.1) is 16.0 Å². The third-order valence-corrected chi connectivity index (χ3v) is 9.07. The fourth-order valence-electron chi connectivity index (χ4n) is 6.26. The summed E-state index contributed by atoms with van der Waals surface area (Å²) in [5.41, 5.74) is 7.61. The molecule has 0 bridgehead atoms. The van der Waals surface area contributed by atoms with Crippen LogP contribution in [0.1, 0.15) is 52.0 Å². The molecule has 1 aliphatic heterocycles. The molecule has 0 spiro atoms. The van der Waals surface area contributed by atoms with Crippen LogP contribution in [0.4, 0.5) is 22.7 Å². The predicted molar refractivity (Wildman–Crippen MR) is 192 cm³/mol. The first-order chi connectivity index (χ1) is 24.6. The second-order valence-electron chi connectivity index (χ2n) is 12.5. The Morgan fingerprint density at radius 3 is 2.55 bits per heavy atom. The number of carbonyl (C=O) groups is 2. The number of nitrogens with two attached hydrogens (primary N) is 1. The van der Waals surface area contributed by atoms with Gasteiger partial charge in [0.1, 0.15) is 0 Å². The van der Waals surface area contributed by atoms with Gasteiger partial charge < -0.3 is 26.2 Å². The maximum atomic E-state index is 14.1. The molecule has 1 aliphatic rings. The first-order valence-corrected chi connectivity index (χ1v) is 16.4. The molecule has 0 aliphatic carbocycles. The van der Waals surface area contributed by atoms with E-state index < -0.39 is 22.3 Å². The molecule has 4 aromatic carbocycles. The van der Waals surface area contributed by atoms with Crippen LogP contribution in [0.3, 0.4) is 0 Å². The number of hydrogen-bond acceptors (Lipinski definition) is 9. The van der Waals surface area contributed by atoms with Crippen LogP contribution in [-0.2, 0) is 23.5 Å². The Labute approximate surface area is 293 Å². The largest absolute Gasteiger partial charge is 0.399 e. The number of carbonyl (C=O) groups excluding carboxylic acids is 2. The minimum atomic E-state index is -2.08. The molecule has 6 rings (SSSR count). The number of amides is 2. The van der Waals surface area contributed by atoms with Crippen LogP contribution in [0.2, 0.25) is 0 Å². The second kappa shape index (κ2) is 14.7. The summed E-state index contributed by atoms with van der Waals surface area (Å²) < 4.78 is 1.66. The Morgan fingerprint density at radius 2 is 1.82 bits per heavy atom. The van der Waals surface area contributed by atoms with Gasteiger partial charge in [-0.05, 0) is 60.0 Å². The zero-order valence-corrected chi connectivity index (χ0v) is 27.8. The number of allylic oxidation sites excluding steroid dienone is 1. The zero-order chi connectivity index (χ0) is 36.1. The number of nitro groups is 1. The molecule has 0 radical (unpaired) electrons. The van der Waals surface area contributed by atoms with E-state index in [1.54, 1.807) is 72.4 Å². The molecule has 3 atom stereocenters. The molecule has 260 valence electrons. The van der Waals surface area contributed by atoms with Crippen LogP contribution in [0.5, 0.6) is 0 Å². The van der Waals surface area contributed by atoms with E-state index in [1.165, 1.54) is 23.1 Å². The number of hydrogen-bond donors (Lipinski definition) is 4. The average Bonchev–Trinajstić information content (AvgIpc) is 3.68. The number of benzene rings is 4. The number of nitrogens with zero attached hydrogens (tertiary/aromatic N) is 5. The fraction of sp³-hybridized carbons (Fsp3) is 0.211. The van der Waals surface area contributed by atoms with Crippen molar-refractivity contribution < 1.29 is 24.7 Å². The molecule has 51 heavy (non-hydrogen) atoms. The van der Waals surface area contributed by atoms with Crippen molar-refractivity contribution in [2.75, 3.05) is 22.6 Å². The second-order valence-corrected chi connectivity index (χ2v) is 12.5. The van der Waals surface area contributed by atoms with Crippen molar-refractivity contribution in [3.63, 3.8) is 0 Å². The summed E-state index contributed by atoms with van der Waals surface area (Å²) in [6.07, 6.45) is 5.82. The van der Waals surface area contributed by atoms with Crippen molar-refractivity contribution in [2.45, 2.75) is 38.0 Å². The quantitative estimate of drug-likeness (QED) is 0.0561. The maximum absolute atomic E-state index is 14.1. The number of anilines is 3. The van der Waals surface area contributed by atoms with Gasteiger partial charge in [-0.25, -0.2) is 0 Å². The number of nitro benzene ring substituents is 1. The summed E-state index contributed by atoms with van der Waals surface area (Å²) in [7, 11) is 0. The van der Waals surface area contributed by atoms with Gasteiger partial charge >= 0.3 is 0 Å². The fourth-order valence-corrected chi connectivity index (χ4v) is 6.26. The van der Waals surface area contributed by atoms with Crippen LogP contribution < -0.4 is 16.0 Å². The maximum Gasteiger partial charge on any atom is 0.269 e. The third kappa shape index (κ3) is 7.25. The molecule has 0 saturated carbocycles. The summed E-state index contributed by atoms with van der Waals surface area (Å²) in [6.45, 7) is 2.07. The van der Waals surface area contributed by atoms with Crippen molar-refractivity contribution in [2.24, 2.45) is 5.92 Å². The Morgan fingerprint density at radius 1 is 1.06 bits per heavy atom. The molecule has 1 unspecified atom stereocenters. The van der Waals surface area contributed by atoms with Crippen molar-refractivity contribution in [1.29, 1.82) is 0 Å². The number of aliphatic hydroxyl groups excluding tert-OH is 1. The number of nitrogens with one attached hydrogen (secondary N) is 1. The lowest BCUT2D eigenvalue weighted by Crippen LogP contribution is -2.44. The molecule has 5 N–H and O–H groups in total. The number of aryl methyl sites for hydroxylation is 1. The highest BCUT2D eigenvalue weighted by Gasteiger charge is 2.53. The summed E-state index contributed by atoms with van der Waals surface area (Å²) >= 11 is 0. The molecule has 5 aromatic rings. The van der Waals surface area contributed by atoms with E-state index >= 15 is 0 Å². The van der Waals surface area contributed by atoms with Gasteiger partial charge in [0.05, 0.1) is 35.4 Å². The van der Waals surface area contributed by atoms with Crippen LogP contribution >= 0.6 is 0 Å². The molecular weight excluding hydrogens is 650 g/mol. The lowest BCUT2D eigenvalue weighted by Gasteiger charge is -2.27. The number of non-ortho nitro benzene ring substituents is 1. The number of aliphatic hydroxyl groups is 2. The summed E-state index contributed by atoms with van der Waals surface area (Å²) in [4.78, 5) is 39.5. The van der Waals surface area contributed by atoms with E-state index in [1.807, 2.05) is 36.4 Å². The van der Waals surface area contributed by atoms with Crippen molar-refractivity contribution in [3.8, 4) is 0 Å². The molecular formula is C38H37N7O6. The molecule has 13 nitrogen and oxygen atoms in total. The van der Waals surface area contributed by atoms with Gasteiger partial charge in [0.15, 0.2) is 5.60 Å². The molecule has 1 aromatic heterocycles. The lowest BCUT2D eigenvalue weighted by atomic mass is 9.82. The van der Waals surface area contributed by atoms with E-state index in [0.717, 1.165) is 5.56 Å². The standard InChI is InChI=1S/C38H37N7O6/c1-25(8-5-6-19-43-23-34(41-42-43)32(24-46)27-10-3-2-4-11-27)38(49)33-21-31(45(50)51)17-18-35(33)44(37(38)48)22-26-9-7-12-30(20-26)40-36(47)28-13-15-29(39)16-14-28/h2-5,7-18,20-21,23,25,32,46,49H,6,19,22,24,39H2,1H3,(H,40,47)/b8-5+/t25-,32?,38+/m0/s1. The van der Waals surface area contributed by atoms with E-state index in [0.29, 0.717) is 46.8 Å². The normalized spacial score (nSPS) is 16.6. The Balaban J connectivity index is 1.17. The van der Waals surface area contributed by atoms with Crippen LogP contribution in [-0.4, -0.2) is 48.6 Å². The van der Waals surface area contributed by atoms with Gasteiger partial charge in [-0.15, -0.1) is 5.10 Å². The monoisotopic (exact) mass is 687 g/mol. The first-order valence-electron chi connectivity index (χ1n) is 16.4. The van der Waals surface area contributed by atoms with Crippen LogP contribution in [0.25, 0.3) is 0 Å². The summed E-state index contributed by atoms with van der Waals surface area (Å²) in [6, 6.07) is 27.1. The highest BCUT2D eigenvalue weighted by atomic mass is 16.6. The van der Waals surface area contributed by atoms with Gasteiger partial charge in [-0.1, -0.05) is 66.8 Å². The van der Waals surface area contributed by atoms with Crippen molar-refractivity contribution in [3.05, 3.63) is 153 Å². The van der Waals surface area contributed by atoms with Gasteiger partial charge in [-0.2, -0.15) is 0 Å². The van der Waals surface area contributed by atoms with Gasteiger partial charge in [-0.3, -0.25) is 24.4 Å². The zero-order valence-electron chi connectivity index (χ0n) is 27.8. The van der Waals surface area contributed by atoms with E-state index in [2.05, 4.69) is 15.6 Å². The van der Waals surface area contributed by atoms with Gasteiger partial charge in [0.2, 0.25) is 0 Å². The number of aromatic nitrogens is 3. The minimum absolute atomic E-state index is 0.0421. The average molecular weight is 688 g/mol. The number of fused-ring (bicyclic) bond motifs is 1. The van der Waals surface area contributed by atoms with Gasteiger partial charge in [0, 0.05) is 53.3 Å². The Hall–Kier alpha value is -6.18. The number of nitrogen functional groups attached to an aromatic ring is 1. The predicted octanol–water partition coefficient (Wildman–Crippen LogP) is 5.16. The Kier molecular flexibility index (Phi) is 10.0. The Bertz CT molecular complexity index is 2080. The minimum Gasteiger partial charge on any atom is -0.399 e. The highest BCUT2D eigenvalue weighted by Crippen LogP contribution is 2.47. The van der Waals surface area contributed by atoms with E-state index in [9.17, 15) is 29.9 Å². The topological polar surface area (TPSA) is 190 Å². The smallest absolute Gasteiger partial charge is 0.269 e. The number of rotatable bonds is 13. The van der Waals surface area contributed by atoms with E-state index in [-0.39, 0.29) is 36.2 Å². The SMILES string of the molecule is C[C@@H](/C=C/CCn1cc(C(CO)c2ccccc2)nn1)[C@]1(O)C(=O)N(Cc2cccc(NC(=O)c3ccc(N)cc3)c2)c2ccc([N+](=O)[O-])cc21. The molecule has 13 heteroatoms. The van der Waals surface area contributed by atoms with E-state index in [4.69, 9.17) is 5.73 Å². The lowest BCUT2D eigenvalue weighted by molar-refractivity contribution is -0.385. The summed E-state index contributed by atoms with van der Waals surface area (Å²) in [5, 5.41) is 45.1. The van der Waals surface area contributed by atoms with Crippen LogP contribution in [0.15, 0.2) is 115 Å². The summed E-state index contributed by atoms with van der Waals surface area (Å²) in [5.74, 6) is -2.02. The van der Waals surface area contributed by atoms with Gasteiger partial charge in [0.25, 0.3) is 17.5 Å². The molecule has 0 saturated heterocycles.